The van der Waals surface area contributed by atoms with Gasteiger partial charge in [0.05, 0.1) is 0 Å². The Morgan fingerprint density at radius 3 is 2.73 bits per heavy atom. The minimum Gasteiger partial charge on any atom is -0.342 e. The maximum Gasteiger partial charge on any atom is 0.249 e. The fraction of sp³-hybridized carbons (Fsp3) is 0.562. The standard InChI is InChI=1S/C16H23N5O/c1-11(2)10-13(21-8-3-4-9-21)15(22)18-16-17-14(19-20-16)12-6-5-7-12/h3-4,8-9,11-13H,5-7,10H2,1-2H3,(H2,17,18,19,20,22). The zero-order valence-corrected chi connectivity index (χ0v) is 13.1. The number of H-pyrrole nitrogens is 1. The molecule has 2 heterocycles. The van der Waals surface area contributed by atoms with Crippen LogP contribution in [0.4, 0.5) is 5.95 Å². The summed E-state index contributed by atoms with van der Waals surface area (Å²) in [6.07, 6.45) is 8.18. The van der Waals surface area contributed by atoms with Crippen LogP contribution < -0.4 is 5.32 Å². The Hall–Kier alpha value is -2.11. The lowest BCUT2D eigenvalue weighted by Crippen LogP contribution is -2.27. The summed E-state index contributed by atoms with van der Waals surface area (Å²) in [4.78, 5) is 17.0. The third-order valence-electron chi connectivity index (χ3n) is 4.21. The minimum absolute atomic E-state index is 0.0657. The quantitative estimate of drug-likeness (QED) is 0.860. The van der Waals surface area contributed by atoms with E-state index in [4.69, 9.17) is 0 Å². The molecular weight excluding hydrogens is 278 g/mol. The van der Waals surface area contributed by atoms with Crippen LogP contribution in [-0.2, 0) is 4.79 Å². The lowest BCUT2D eigenvalue weighted by Gasteiger charge is -2.22. The maximum absolute atomic E-state index is 12.6. The van der Waals surface area contributed by atoms with Crippen molar-refractivity contribution in [1.29, 1.82) is 0 Å². The highest BCUT2D eigenvalue weighted by molar-refractivity contribution is 5.92. The van der Waals surface area contributed by atoms with Crippen LogP contribution in [0.15, 0.2) is 24.5 Å². The van der Waals surface area contributed by atoms with Gasteiger partial charge in [-0.3, -0.25) is 15.2 Å². The average Bonchev–Trinajstić information content (AvgIpc) is 3.05. The molecule has 0 aliphatic heterocycles. The first-order valence-electron chi connectivity index (χ1n) is 7.99. The Kier molecular flexibility index (Phi) is 4.27. The summed E-state index contributed by atoms with van der Waals surface area (Å²) in [6.45, 7) is 4.23. The molecule has 22 heavy (non-hydrogen) atoms. The molecule has 6 heteroatoms. The number of carbonyl (C=O) groups excluding carboxylic acids is 1. The fourth-order valence-electron chi connectivity index (χ4n) is 2.75. The van der Waals surface area contributed by atoms with Crippen LogP contribution in [0.25, 0.3) is 0 Å². The lowest BCUT2D eigenvalue weighted by atomic mass is 9.85. The molecule has 0 bridgehead atoms. The van der Waals surface area contributed by atoms with Gasteiger partial charge >= 0.3 is 0 Å². The third-order valence-corrected chi connectivity index (χ3v) is 4.21. The smallest absolute Gasteiger partial charge is 0.249 e. The number of hydrogen-bond acceptors (Lipinski definition) is 3. The molecule has 3 rings (SSSR count). The van der Waals surface area contributed by atoms with Gasteiger partial charge in [-0.2, -0.15) is 4.98 Å². The third kappa shape index (κ3) is 3.21. The average molecular weight is 301 g/mol. The van der Waals surface area contributed by atoms with Crippen LogP contribution in [0.5, 0.6) is 0 Å². The highest BCUT2D eigenvalue weighted by Crippen LogP contribution is 2.34. The van der Waals surface area contributed by atoms with Crippen molar-refractivity contribution in [2.24, 2.45) is 5.92 Å². The largest absolute Gasteiger partial charge is 0.342 e. The summed E-state index contributed by atoms with van der Waals surface area (Å²) in [5.41, 5.74) is 0. The normalized spacial score (nSPS) is 16.5. The Morgan fingerprint density at radius 1 is 1.41 bits per heavy atom. The van der Waals surface area contributed by atoms with Gasteiger partial charge in [0.1, 0.15) is 11.9 Å². The topological polar surface area (TPSA) is 75.6 Å². The SMILES string of the molecule is CC(C)CC(C(=O)Nc1n[nH]c(C2CCC2)n1)n1cccc1. The fourth-order valence-corrected chi connectivity index (χ4v) is 2.75. The number of carbonyl (C=O) groups is 1. The molecule has 0 radical (unpaired) electrons. The zero-order chi connectivity index (χ0) is 15.5. The molecule has 0 spiro atoms. The number of hydrogen-bond donors (Lipinski definition) is 2. The summed E-state index contributed by atoms with van der Waals surface area (Å²) in [6, 6.07) is 3.63. The van der Waals surface area contributed by atoms with E-state index in [1.165, 1.54) is 6.42 Å². The van der Waals surface area contributed by atoms with Crippen molar-refractivity contribution >= 4 is 11.9 Å². The van der Waals surface area contributed by atoms with Crippen LogP contribution in [0, 0.1) is 5.92 Å². The number of nitrogens with zero attached hydrogens (tertiary/aromatic N) is 3. The molecular formula is C16H23N5O. The number of nitrogens with one attached hydrogen (secondary N) is 2. The predicted molar refractivity (Wildman–Crippen MR) is 84.5 cm³/mol. The maximum atomic E-state index is 12.6. The molecule has 2 N–H and O–H groups in total. The van der Waals surface area contributed by atoms with Gasteiger partial charge in [-0.15, -0.1) is 5.10 Å². The number of amides is 1. The van der Waals surface area contributed by atoms with Gasteiger partial charge in [0.25, 0.3) is 0 Å². The molecule has 1 saturated carbocycles. The van der Waals surface area contributed by atoms with E-state index in [9.17, 15) is 4.79 Å². The van der Waals surface area contributed by atoms with E-state index in [-0.39, 0.29) is 11.9 Å². The summed E-state index contributed by atoms with van der Waals surface area (Å²) in [7, 11) is 0. The first-order chi connectivity index (χ1) is 10.6. The van der Waals surface area contributed by atoms with Gasteiger partial charge in [0, 0.05) is 18.3 Å². The number of aromatic amines is 1. The van der Waals surface area contributed by atoms with E-state index in [1.54, 1.807) is 0 Å². The van der Waals surface area contributed by atoms with Crippen LogP contribution in [0.2, 0.25) is 0 Å². The predicted octanol–water partition coefficient (Wildman–Crippen LogP) is 3.10. The molecule has 2 aromatic heterocycles. The van der Waals surface area contributed by atoms with Crippen molar-refractivity contribution in [2.75, 3.05) is 5.32 Å². The van der Waals surface area contributed by atoms with Gasteiger partial charge in [0.2, 0.25) is 11.9 Å². The van der Waals surface area contributed by atoms with E-state index in [0.29, 0.717) is 17.8 Å². The van der Waals surface area contributed by atoms with Crippen molar-refractivity contribution < 1.29 is 4.79 Å². The second kappa shape index (κ2) is 6.34. The van der Waals surface area contributed by atoms with E-state index >= 15 is 0 Å². The van der Waals surface area contributed by atoms with E-state index in [1.807, 2.05) is 29.1 Å². The molecule has 1 unspecified atom stereocenters. The van der Waals surface area contributed by atoms with Crippen LogP contribution in [-0.4, -0.2) is 25.7 Å². The monoisotopic (exact) mass is 301 g/mol. The van der Waals surface area contributed by atoms with E-state index in [0.717, 1.165) is 25.1 Å². The first kappa shape index (κ1) is 14.8. The van der Waals surface area contributed by atoms with Gasteiger partial charge in [-0.05, 0) is 37.3 Å². The Morgan fingerprint density at radius 2 is 2.14 bits per heavy atom. The summed E-state index contributed by atoms with van der Waals surface area (Å²) in [5, 5.41) is 9.92. The molecule has 1 fully saturated rings. The molecule has 1 aliphatic carbocycles. The minimum atomic E-state index is -0.236. The molecule has 1 atom stereocenters. The van der Waals surface area contributed by atoms with Crippen molar-refractivity contribution in [3.63, 3.8) is 0 Å². The highest BCUT2D eigenvalue weighted by Gasteiger charge is 2.25. The van der Waals surface area contributed by atoms with E-state index < -0.39 is 0 Å². The first-order valence-corrected chi connectivity index (χ1v) is 7.99. The Balaban J connectivity index is 1.69. The van der Waals surface area contributed by atoms with Crippen molar-refractivity contribution in [3.05, 3.63) is 30.4 Å². The van der Waals surface area contributed by atoms with Crippen molar-refractivity contribution in [3.8, 4) is 0 Å². The summed E-state index contributed by atoms with van der Waals surface area (Å²) < 4.78 is 1.94. The van der Waals surface area contributed by atoms with Gasteiger partial charge in [0.15, 0.2) is 0 Å². The molecule has 118 valence electrons. The van der Waals surface area contributed by atoms with E-state index in [2.05, 4.69) is 34.3 Å². The molecule has 0 aromatic carbocycles. The molecule has 2 aromatic rings. The van der Waals surface area contributed by atoms with Gasteiger partial charge in [-0.25, -0.2) is 0 Å². The number of anilines is 1. The number of aromatic nitrogens is 4. The Bertz CT molecular complexity index is 612. The summed E-state index contributed by atoms with van der Waals surface area (Å²) in [5.74, 6) is 2.12. The molecule has 0 saturated heterocycles. The van der Waals surface area contributed by atoms with Crippen LogP contribution in [0.1, 0.15) is 57.3 Å². The molecule has 6 nitrogen and oxygen atoms in total. The van der Waals surface area contributed by atoms with Crippen LogP contribution in [0.3, 0.4) is 0 Å². The number of rotatable bonds is 6. The molecule has 1 amide bonds. The van der Waals surface area contributed by atoms with Crippen molar-refractivity contribution in [2.45, 2.75) is 51.5 Å². The Labute approximate surface area is 130 Å². The lowest BCUT2D eigenvalue weighted by molar-refractivity contribution is -0.119. The highest BCUT2D eigenvalue weighted by atomic mass is 16.2. The van der Waals surface area contributed by atoms with Crippen LogP contribution >= 0.6 is 0 Å². The van der Waals surface area contributed by atoms with Gasteiger partial charge in [-0.1, -0.05) is 20.3 Å². The zero-order valence-electron chi connectivity index (χ0n) is 13.1. The molecule has 1 aliphatic rings. The second-order valence-corrected chi connectivity index (χ2v) is 6.44. The second-order valence-electron chi connectivity index (χ2n) is 6.44. The van der Waals surface area contributed by atoms with Gasteiger partial charge < -0.3 is 4.57 Å². The summed E-state index contributed by atoms with van der Waals surface area (Å²) >= 11 is 0. The van der Waals surface area contributed by atoms with Crippen molar-refractivity contribution in [1.82, 2.24) is 19.7 Å².